The van der Waals surface area contributed by atoms with Gasteiger partial charge in [0.1, 0.15) is 34.5 Å². The monoisotopic (exact) mass is 481 g/mol. The Hall–Kier alpha value is -4.85. The van der Waals surface area contributed by atoms with Crippen molar-refractivity contribution in [3.63, 3.8) is 0 Å². The predicted octanol–water partition coefficient (Wildman–Crippen LogP) is 4.46. The lowest BCUT2D eigenvalue weighted by molar-refractivity contribution is -0.135. The van der Waals surface area contributed by atoms with Gasteiger partial charge in [-0.1, -0.05) is 30.3 Å². The summed E-state index contributed by atoms with van der Waals surface area (Å²) in [7, 11) is 1.54. The van der Waals surface area contributed by atoms with Crippen LogP contribution in [0.1, 0.15) is 23.5 Å². The quantitative estimate of drug-likeness (QED) is 0.289. The number of phenols is 1. The molecular formula is C28H19NO7. The Morgan fingerprint density at radius 2 is 1.83 bits per heavy atom. The van der Waals surface area contributed by atoms with E-state index in [-0.39, 0.29) is 34.5 Å². The van der Waals surface area contributed by atoms with E-state index in [1.807, 2.05) is 6.07 Å². The summed E-state index contributed by atoms with van der Waals surface area (Å²) in [5.41, 5.74) is 1.40. The van der Waals surface area contributed by atoms with Crippen molar-refractivity contribution in [2.45, 2.75) is 12.3 Å². The first-order chi connectivity index (χ1) is 17.4. The second kappa shape index (κ2) is 8.13. The number of aromatic hydroxyl groups is 1. The predicted molar refractivity (Wildman–Crippen MR) is 133 cm³/mol. The number of carbonyl (C=O) groups excluding carboxylic acids is 1. The highest BCUT2D eigenvalue weighted by atomic mass is 16.5. The molecule has 1 atom stereocenters. The molecular weight excluding hydrogens is 462 g/mol. The van der Waals surface area contributed by atoms with Crippen molar-refractivity contribution in [2.24, 2.45) is 0 Å². The molecule has 5 aromatic rings. The second-order valence-electron chi connectivity index (χ2n) is 8.59. The Labute approximate surface area is 203 Å². The van der Waals surface area contributed by atoms with Gasteiger partial charge < -0.3 is 24.0 Å². The highest BCUT2D eigenvalue weighted by Gasteiger charge is 2.35. The summed E-state index contributed by atoms with van der Waals surface area (Å²) < 4.78 is 16.5. The fourth-order valence-electron chi connectivity index (χ4n) is 4.80. The van der Waals surface area contributed by atoms with Crippen LogP contribution in [0, 0.1) is 0 Å². The molecule has 3 heterocycles. The lowest BCUT2D eigenvalue weighted by Gasteiger charge is -2.25. The number of pyridine rings is 1. The molecule has 3 aromatic carbocycles. The van der Waals surface area contributed by atoms with Gasteiger partial charge in [-0.15, -0.1) is 0 Å². The van der Waals surface area contributed by atoms with Crippen molar-refractivity contribution in [1.29, 1.82) is 0 Å². The number of nitrogens with one attached hydrogen (secondary N) is 1. The van der Waals surface area contributed by atoms with E-state index >= 15 is 0 Å². The van der Waals surface area contributed by atoms with Gasteiger partial charge in [-0.3, -0.25) is 14.4 Å². The maximum atomic E-state index is 13.4. The molecule has 178 valence electrons. The number of benzene rings is 3. The number of methoxy groups -OCH3 is 1. The van der Waals surface area contributed by atoms with E-state index < -0.39 is 22.9 Å². The molecule has 0 spiro atoms. The van der Waals surface area contributed by atoms with E-state index in [1.165, 1.54) is 19.4 Å². The molecule has 0 saturated heterocycles. The molecule has 1 aliphatic rings. The summed E-state index contributed by atoms with van der Waals surface area (Å²) in [6.07, 6.45) is 1.19. The van der Waals surface area contributed by atoms with Crippen LogP contribution in [0.15, 0.2) is 80.9 Å². The van der Waals surface area contributed by atoms with Gasteiger partial charge in [0, 0.05) is 29.2 Å². The highest BCUT2D eigenvalue weighted by molar-refractivity contribution is 5.94. The molecule has 8 nitrogen and oxygen atoms in total. The summed E-state index contributed by atoms with van der Waals surface area (Å²) in [4.78, 5) is 41.9. The van der Waals surface area contributed by atoms with Crippen LogP contribution in [-0.2, 0) is 4.79 Å². The lowest BCUT2D eigenvalue weighted by atomic mass is 9.85. The van der Waals surface area contributed by atoms with Gasteiger partial charge in [0.2, 0.25) is 5.43 Å². The molecule has 0 bridgehead atoms. The standard InChI is InChI=1S/C28H19NO7/c1-34-16-8-7-15-9-18(28(33)29-20(15)10-16)17-11-23(31)36-22-12-21(30)25-26(32)19(13-35-27(25)24(17)22)14-5-3-2-4-6-14/h2-10,12-13,17,30H,11H2,1H3,(H,29,33). The molecule has 8 heteroatoms. The topological polar surface area (TPSA) is 119 Å². The van der Waals surface area contributed by atoms with E-state index in [9.17, 15) is 19.5 Å². The summed E-state index contributed by atoms with van der Waals surface area (Å²) in [6, 6.07) is 17.2. The van der Waals surface area contributed by atoms with Crippen LogP contribution < -0.4 is 20.5 Å². The average molecular weight is 481 g/mol. The number of fused-ring (bicyclic) bond motifs is 4. The Balaban J connectivity index is 1.61. The van der Waals surface area contributed by atoms with Crippen LogP contribution in [0.25, 0.3) is 33.0 Å². The number of aromatic amines is 1. The number of carbonyl (C=O) groups is 1. The van der Waals surface area contributed by atoms with Gasteiger partial charge in [-0.25, -0.2) is 0 Å². The number of ether oxygens (including phenoxy) is 2. The largest absolute Gasteiger partial charge is 0.507 e. The number of phenolic OH excluding ortho intramolecular Hbond substituents is 1. The van der Waals surface area contributed by atoms with Crippen LogP contribution in [0.3, 0.4) is 0 Å². The van der Waals surface area contributed by atoms with Crippen LogP contribution >= 0.6 is 0 Å². The SMILES string of the molecule is COc1ccc2cc(C3CC(=O)Oc4cc(O)c5c(=O)c(-c6ccccc6)coc5c43)c(=O)[nH]c2c1. The van der Waals surface area contributed by atoms with Crippen molar-refractivity contribution in [1.82, 2.24) is 4.98 Å². The Morgan fingerprint density at radius 1 is 1.03 bits per heavy atom. The lowest BCUT2D eigenvalue weighted by Crippen LogP contribution is -2.26. The summed E-state index contributed by atoms with van der Waals surface area (Å²) in [5, 5.41) is 11.4. The van der Waals surface area contributed by atoms with Gasteiger partial charge in [-0.2, -0.15) is 0 Å². The zero-order valence-corrected chi connectivity index (χ0v) is 19.0. The van der Waals surface area contributed by atoms with Crippen molar-refractivity contribution in [2.75, 3.05) is 7.11 Å². The van der Waals surface area contributed by atoms with Gasteiger partial charge in [0.25, 0.3) is 5.56 Å². The molecule has 1 aliphatic heterocycles. The van der Waals surface area contributed by atoms with Crippen molar-refractivity contribution in [3.05, 3.63) is 98.6 Å². The second-order valence-corrected chi connectivity index (χ2v) is 8.59. The first kappa shape index (κ1) is 21.7. The molecule has 1 unspecified atom stereocenters. The highest BCUT2D eigenvalue weighted by Crippen LogP contribution is 2.45. The van der Waals surface area contributed by atoms with E-state index in [2.05, 4.69) is 4.98 Å². The number of esters is 1. The third kappa shape index (κ3) is 3.34. The third-order valence-electron chi connectivity index (χ3n) is 6.51. The number of H-pyrrole nitrogens is 1. The minimum Gasteiger partial charge on any atom is -0.507 e. The number of rotatable bonds is 3. The Morgan fingerprint density at radius 3 is 2.61 bits per heavy atom. The number of hydrogen-bond donors (Lipinski definition) is 2. The van der Waals surface area contributed by atoms with Gasteiger partial charge in [0.15, 0.2) is 0 Å². The van der Waals surface area contributed by atoms with E-state index in [0.717, 1.165) is 5.39 Å². The van der Waals surface area contributed by atoms with Crippen molar-refractivity contribution in [3.8, 4) is 28.4 Å². The maximum Gasteiger partial charge on any atom is 0.312 e. The zero-order valence-electron chi connectivity index (χ0n) is 19.0. The maximum absolute atomic E-state index is 13.4. The summed E-state index contributed by atoms with van der Waals surface area (Å²) >= 11 is 0. The smallest absolute Gasteiger partial charge is 0.312 e. The molecule has 2 N–H and O–H groups in total. The Bertz CT molecular complexity index is 1800. The number of aromatic nitrogens is 1. The molecule has 36 heavy (non-hydrogen) atoms. The van der Waals surface area contributed by atoms with Crippen molar-refractivity contribution < 1.29 is 23.8 Å². The molecule has 0 radical (unpaired) electrons. The van der Waals surface area contributed by atoms with Gasteiger partial charge >= 0.3 is 5.97 Å². The van der Waals surface area contributed by atoms with E-state index in [0.29, 0.717) is 28.0 Å². The minimum atomic E-state index is -0.759. The summed E-state index contributed by atoms with van der Waals surface area (Å²) in [6.45, 7) is 0. The first-order valence-electron chi connectivity index (χ1n) is 11.2. The summed E-state index contributed by atoms with van der Waals surface area (Å²) in [5.74, 6) is -1.06. The average Bonchev–Trinajstić information content (AvgIpc) is 2.87. The van der Waals surface area contributed by atoms with Crippen molar-refractivity contribution >= 4 is 27.8 Å². The third-order valence-corrected chi connectivity index (χ3v) is 6.51. The molecule has 0 amide bonds. The van der Waals surface area contributed by atoms with Gasteiger partial charge in [-0.05, 0) is 29.1 Å². The van der Waals surface area contributed by atoms with E-state index in [1.54, 1.807) is 48.5 Å². The van der Waals surface area contributed by atoms with Crippen LogP contribution in [0.2, 0.25) is 0 Å². The molecule has 0 saturated carbocycles. The fourth-order valence-corrected chi connectivity index (χ4v) is 4.80. The zero-order chi connectivity index (χ0) is 25.0. The molecule has 0 fully saturated rings. The molecule has 6 rings (SSSR count). The number of hydrogen-bond acceptors (Lipinski definition) is 7. The van der Waals surface area contributed by atoms with Crippen LogP contribution in [-0.4, -0.2) is 23.2 Å². The first-order valence-corrected chi connectivity index (χ1v) is 11.2. The minimum absolute atomic E-state index is 0.0417. The molecule has 0 aliphatic carbocycles. The van der Waals surface area contributed by atoms with Gasteiger partial charge in [0.05, 0.1) is 24.6 Å². The molecule has 2 aromatic heterocycles. The van der Waals surface area contributed by atoms with Crippen LogP contribution in [0.4, 0.5) is 0 Å². The Kier molecular flexibility index (Phi) is 4.89. The normalized spacial score (nSPS) is 15.0. The fraction of sp³-hybridized carbons (Fsp3) is 0.107. The van der Waals surface area contributed by atoms with E-state index in [4.69, 9.17) is 13.9 Å². The van der Waals surface area contributed by atoms with Crippen LogP contribution in [0.5, 0.6) is 17.2 Å².